The predicted octanol–water partition coefficient (Wildman–Crippen LogP) is 4.17. The summed E-state index contributed by atoms with van der Waals surface area (Å²) >= 11 is 1.21. The molecule has 6 nitrogen and oxygen atoms in total. The summed E-state index contributed by atoms with van der Waals surface area (Å²) < 4.78 is 13.3. The number of likely N-dealkylation sites (tertiary alicyclic amines) is 1. The van der Waals surface area contributed by atoms with Gasteiger partial charge in [0.15, 0.2) is 0 Å². The molecule has 8 heteroatoms. The third kappa shape index (κ3) is 4.06. The fourth-order valence-electron chi connectivity index (χ4n) is 4.08. The zero-order valence-electron chi connectivity index (χ0n) is 15.6. The molecule has 2 heterocycles. The van der Waals surface area contributed by atoms with Gasteiger partial charge in [-0.3, -0.25) is 9.59 Å². The van der Waals surface area contributed by atoms with Crippen molar-refractivity contribution in [2.24, 2.45) is 5.92 Å². The van der Waals surface area contributed by atoms with Crippen LogP contribution < -0.4 is 5.32 Å². The average Bonchev–Trinajstić information content (AvgIpc) is 3.37. The Bertz CT molecular complexity index is 865. The number of halogens is 1. The van der Waals surface area contributed by atoms with Gasteiger partial charge in [-0.25, -0.2) is 4.39 Å². The van der Waals surface area contributed by atoms with E-state index in [1.807, 2.05) is 4.90 Å². The number of hydrogen-bond donors (Lipinski definition) is 1. The highest BCUT2D eigenvalue weighted by atomic mass is 32.1. The van der Waals surface area contributed by atoms with Crippen molar-refractivity contribution >= 4 is 28.8 Å². The Kier molecular flexibility index (Phi) is 5.66. The molecule has 1 N–H and O–H groups in total. The SMILES string of the molecule is O=C(Nc1cccc(F)c1)c1nnc(C2CCCN2C(=O)C2CCCCC2)s1. The van der Waals surface area contributed by atoms with Crippen LogP contribution in [0.5, 0.6) is 0 Å². The molecule has 2 aliphatic rings. The topological polar surface area (TPSA) is 75.2 Å². The fraction of sp³-hybridized carbons (Fsp3) is 0.500. The van der Waals surface area contributed by atoms with Crippen LogP contribution in [-0.4, -0.2) is 33.5 Å². The smallest absolute Gasteiger partial charge is 0.286 e. The normalized spacial score (nSPS) is 20.3. The van der Waals surface area contributed by atoms with Crippen LogP contribution in [0.3, 0.4) is 0 Å². The largest absolute Gasteiger partial charge is 0.333 e. The van der Waals surface area contributed by atoms with Gasteiger partial charge >= 0.3 is 0 Å². The molecule has 1 atom stereocenters. The first-order valence-corrected chi connectivity index (χ1v) is 10.6. The lowest BCUT2D eigenvalue weighted by Crippen LogP contribution is -2.36. The van der Waals surface area contributed by atoms with E-state index < -0.39 is 11.7 Å². The zero-order valence-corrected chi connectivity index (χ0v) is 16.4. The van der Waals surface area contributed by atoms with E-state index in [1.165, 1.54) is 36.0 Å². The highest BCUT2D eigenvalue weighted by molar-refractivity contribution is 7.13. The van der Waals surface area contributed by atoms with Crippen molar-refractivity contribution in [3.05, 3.63) is 40.1 Å². The highest BCUT2D eigenvalue weighted by Gasteiger charge is 2.36. The second kappa shape index (κ2) is 8.34. The summed E-state index contributed by atoms with van der Waals surface area (Å²) in [5, 5.41) is 11.8. The molecular weight excluding hydrogens is 379 g/mol. The van der Waals surface area contributed by atoms with Crippen LogP contribution in [0.4, 0.5) is 10.1 Å². The third-order valence-corrected chi connectivity index (χ3v) is 6.52. The maximum atomic E-state index is 13.3. The Morgan fingerprint density at radius 3 is 2.71 bits per heavy atom. The van der Waals surface area contributed by atoms with Gasteiger partial charge in [0.05, 0.1) is 6.04 Å². The number of anilines is 1. The van der Waals surface area contributed by atoms with Crippen LogP contribution in [-0.2, 0) is 4.79 Å². The summed E-state index contributed by atoms with van der Waals surface area (Å²) in [5.74, 6) is -0.489. The van der Waals surface area contributed by atoms with Gasteiger partial charge < -0.3 is 10.2 Å². The van der Waals surface area contributed by atoms with E-state index in [-0.39, 0.29) is 22.9 Å². The number of nitrogens with one attached hydrogen (secondary N) is 1. The Hall–Kier alpha value is -2.35. The minimum Gasteiger partial charge on any atom is -0.333 e. The zero-order chi connectivity index (χ0) is 19.5. The Balaban J connectivity index is 1.45. The summed E-state index contributed by atoms with van der Waals surface area (Å²) in [7, 11) is 0. The molecule has 4 rings (SSSR count). The minimum absolute atomic E-state index is 0.0948. The van der Waals surface area contributed by atoms with Crippen molar-refractivity contribution < 1.29 is 14.0 Å². The number of amides is 2. The molecule has 1 unspecified atom stereocenters. The predicted molar refractivity (Wildman–Crippen MR) is 105 cm³/mol. The summed E-state index contributed by atoms with van der Waals surface area (Å²) in [4.78, 5) is 27.3. The monoisotopic (exact) mass is 402 g/mol. The Morgan fingerprint density at radius 1 is 1.11 bits per heavy atom. The number of rotatable bonds is 4. The number of aromatic nitrogens is 2. The Labute approximate surface area is 167 Å². The first kappa shape index (κ1) is 19.0. The molecule has 1 saturated heterocycles. The molecule has 1 aromatic carbocycles. The third-order valence-electron chi connectivity index (χ3n) is 5.49. The first-order chi connectivity index (χ1) is 13.6. The molecule has 2 aromatic rings. The van der Waals surface area contributed by atoms with Gasteiger partial charge in [0, 0.05) is 18.2 Å². The van der Waals surface area contributed by atoms with Gasteiger partial charge in [-0.05, 0) is 43.9 Å². The molecule has 2 fully saturated rings. The molecule has 0 spiro atoms. The summed E-state index contributed by atoms with van der Waals surface area (Å²) in [5.41, 5.74) is 0.372. The second-order valence-corrected chi connectivity index (χ2v) is 8.44. The number of hydrogen-bond acceptors (Lipinski definition) is 5. The molecule has 28 heavy (non-hydrogen) atoms. The molecule has 1 saturated carbocycles. The van der Waals surface area contributed by atoms with Gasteiger partial charge in [0.1, 0.15) is 10.8 Å². The van der Waals surface area contributed by atoms with Crippen molar-refractivity contribution in [2.45, 2.75) is 51.0 Å². The summed E-state index contributed by atoms with van der Waals surface area (Å²) in [6.07, 6.45) is 7.19. The maximum absolute atomic E-state index is 13.3. The van der Waals surface area contributed by atoms with Gasteiger partial charge in [0.2, 0.25) is 10.9 Å². The second-order valence-electron chi connectivity index (χ2n) is 7.43. The average molecular weight is 402 g/mol. The lowest BCUT2D eigenvalue weighted by Gasteiger charge is -2.29. The fourth-order valence-corrected chi connectivity index (χ4v) is 4.97. The number of carbonyl (C=O) groups excluding carboxylic acids is 2. The molecule has 148 valence electrons. The number of benzene rings is 1. The van der Waals surface area contributed by atoms with Crippen molar-refractivity contribution in [3.63, 3.8) is 0 Å². The van der Waals surface area contributed by atoms with E-state index in [0.29, 0.717) is 10.7 Å². The molecule has 0 bridgehead atoms. The van der Waals surface area contributed by atoms with Crippen LogP contribution in [0, 0.1) is 11.7 Å². The van der Waals surface area contributed by atoms with Crippen LogP contribution in [0.15, 0.2) is 24.3 Å². The van der Waals surface area contributed by atoms with E-state index in [9.17, 15) is 14.0 Å². The summed E-state index contributed by atoms with van der Waals surface area (Å²) in [6.45, 7) is 0.740. The molecule has 1 aliphatic carbocycles. The standard InChI is InChI=1S/C20H23FN4O2S/c21-14-8-4-9-15(12-14)22-17(26)19-24-23-18(28-19)16-10-5-11-25(16)20(27)13-6-2-1-3-7-13/h4,8-9,12-13,16H,1-3,5-7,10-11H2,(H,22,26). The van der Waals surface area contributed by atoms with E-state index in [2.05, 4.69) is 15.5 Å². The molecule has 1 aliphatic heterocycles. The first-order valence-electron chi connectivity index (χ1n) is 9.82. The minimum atomic E-state index is -0.419. The molecule has 2 amide bonds. The van der Waals surface area contributed by atoms with Gasteiger partial charge in [0.25, 0.3) is 5.91 Å². The van der Waals surface area contributed by atoms with E-state index in [1.54, 1.807) is 6.07 Å². The van der Waals surface area contributed by atoms with E-state index in [0.717, 1.165) is 45.1 Å². The molecule has 1 aromatic heterocycles. The van der Waals surface area contributed by atoms with Crippen molar-refractivity contribution in [1.82, 2.24) is 15.1 Å². The highest BCUT2D eigenvalue weighted by Crippen LogP contribution is 2.37. The maximum Gasteiger partial charge on any atom is 0.286 e. The van der Waals surface area contributed by atoms with Crippen molar-refractivity contribution in [3.8, 4) is 0 Å². The molecular formula is C20H23FN4O2S. The van der Waals surface area contributed by atoms with Crippen LogP contribution in [0.1, 0.15) is 65.8 Å². The van der Waals surface area contributed by atoms with Gasteiger partial charge in [-0.15, -0.1) is 10.2 Å². The van der Waals surface area contributed by atoms with Crippen LogP contribution in [0.25, 0.3) is 0 Å². The number of carbonyl (C=O) groups is 2. The van der Waals surface area contributed by atoms with E-state index >= 15 is 0 Å². The van der Waals surface area contributed by atoms with E-state index in [4.69, 9.17) is 0 Å². The van der Waals surface area contributed by atoms with Crippen molar-refractivity contribution in [2.75, 3.05) is 11.9 Å². The number of nitrogens with zero attached hydrogens (tertiary/aromatic N) is 3. The molecule has 0 radical (unpaired) electrons. The summed E-state index contributed by atoms with van der Waals surface area (Å²) in [6, 6.07) is 5.62. The lowest BCUT2D eigenvalue weighted by atomic mass is 9.88. The lowest BCUT2D eigenvalue weighted by molar-refractivity contribution is -0.137. The van der Waals surface area contributed by atoms with Crippen LogP contribution >= 0.6 is 11.3 Å². The quantitative estimate of drug-likeness (QED) is 0.833. The van der Waals surface area contributed by atoms with Gasteiger partial charge in [-0.1, -0.05) is 36.7 Å². The van der Waals surface area contributed by atoms with Gasteiger partial charge in [-0.2, -0.15) is 0 Å². The van der Waals surface area contributed by atoms with Crippen molar-refractivity contribution in [1.29, 1.82) is 0 Å². The van der Waals surface area contributed by atoms with Crippen LogP contribution in [0.2, 0.25) is 0 Å². The Morgan fingerprint density at radius 2 is 1.93 bits per heavy atom.